The van der Waals surface area contributed by atoms with E-state index in [2.05, 4.69) is 10.3 Å². The third-order valence-electron chi connectivity index (χ3n) is 2.03. The maximum Gasteiger partial charge on any atom is 0.323 e. The first-order valence-corrected chi connectivity index (χ1v) is 5.04. The van der Waals surface area contributed by atoms with Gasteiger partial charge in [0.1, 0.15) is 13.1 Å². The Bertz CT molecular complexity index is 414. The van der Waals surface area contributed by atoms with Crippen molar-refractivity contribution in [2.24, 2.45) is 0 Å². The van der Waals surface area contributed by atoms with Gasteiger partial charge in [-0.3, -0.25) is 19.1 Å². The van der Waals surface area contributed by atoms with Crippen LogP contribution in [0.25, 0.3) is 0 Å². The number of carboxylic acid groups (broad SMARTS) is 2. The summed E-state index contributed by atoms with van der Waals surface area (Å²) < 4.78 is 1.40. The first kappa shape index (κ1) is 13.6. The lowest BCUT2D eigenvalue weighted by Crippen LogP contribution is -2.39. The number of aromatic nitrogens is 3. The minimum absolute atomic E-state index is 0.0378. The van der Waals surface area contributed by atoms with E-state index in [9.17, 15) is 14.4 Å². The number of rotatable bonds is 7. The molecule has 0 saturated carbocycles. The molecule has 1 aromatic heterocycles. The average Bonchev–Trinajstić information content (AvgIpc) is 2.76. The van der Waals surface area contributed by atoms with Crippen LogP contribution in [0.4, 0.5) is 0 Å². The van der Waals surface area contributed by atoms with Gasteiger partial charge in [0.15, 0.2) is 0 Å². The molecule has 0 spiro atoms. The highest BCUT2D eigenvalue weighted by atomic mass is 16.4. The van der Waals surface area contributed by atoms with E-state index in [0.29, 0.717) is 0 Å². The van der Waals surface area contributed by atoms with E-state index in [1.165, 1.54) is 10.9 Å². The maximum atomic E-state index is 11.6. The third-order valence-corrected chi connectivity index (χ3v) is 2.03. The van der Waals surface area contributed by atoms with Gasteiger partial charge in [-0.2, -0.15) is 0 Å². The van der Waals surface area contributed by atoms with Crippen LogP contribution in [-0.2, 0) is 20.9 Å². The molecule has 0 aliphatic carbocycles. The molecule has 1 rings (SSSR count). The van der Waals surface area contributed by atoms with Gasteiger partial charge in [0.25, 0.3) is 0 Å². The normalized spacial score (nSPS) is 10.0. The van der Waals surface area contributed by atoms with Crippen molar-refractivity contribution in [3.05, 3.63) is 12.4 Å². The molecule has 1 amide bonds. The Hall–Kier alpha value is -2.45. The van der Waals surface area contributed by atoms with Gasteiger partial charge in [-0.05, 0) is 0 Å². The molecule has 0 bridgehead atoms. The number of carboxylic acids is 2. The van der Waals surface area contributed by atoms with Crippen molar-refractivity contribution in [1.82, 2.24) is 19.9 Å². The first-order chi connectivity index (χ1) is 8.49. The van der Waals surface area contributed by atoms with Crippen LogP contribution in [0.5, 0.6) is 0 Å². The summed E-state index contributed by atoms with van der Waals surface area (Å²) in [6, 6.07) is 0. The summed E-state index contributed by atoms with van der Waals surface area (Å²) in [6.45, 7) is -1.06. The van der Waals surface area contributed by atoms with Crippen LogP contribution in [0.3, 0.4) is 0 Å². The van der Waals surface area contributed by atoms with Gasteiger partial charge in [-0.15, -0.1) is 5.10 Å². The van der Waals surface area contributed by atoms with Gasteiger partial charge in [-0.25, -0.2) is 0 Å². The van der Waals surface area contributed by atoms with E-state index in [4.69, 9.17) is 10.2 Å². The largest absolute Gasteiger partial charge is 0.480 e. The number of carbonyl (C=O) groups is 3. The summed E-state index contributed by atoms with van der Waals surface area (Å²) in [6.07, 6.45) is 2.95. The molecular formula is C9H12N4O5. The molecule has 98 valence electrons. The lowest BCUT2D eigenvalue weighted by atomic mass is 10.3. The van der Waals surface area contributed by atoms with Crippen molar-refractivity contribution in [3.63, 3.8) is 0 Å². The van der Waals surface area contributed by atoms with Crippen molar-refractivity contribution >= 4 is 17.8 Å². The lowest BCUT2D eigenvalue weighted by molar-refractivity contribution is -0.149. The fraction of sp³-hybridized carbons (Fsp3) is 0.444. The van der Waals surface area contributed by atoms with Crippen molar-refractivity contribution in [2.45, 2.75) is 13.0 Å². The van der Waals surface area contributed by atoms with Gasteiger partial charge < -0.3 is 15.1 Å². The molecule has 2 N–H and O–H groups in total. The highest BCUT2D eigenvalue weighted by molar-refractivity contribution is 5.85. The van der Waals surface area contributed by atoms with E-state index in [1.807, 2.05) is 0 Å². The van der Waals surface area contributed by atoms with Crippen LogP contribution >= 0.6 is 0 Å². The minimum atomic E-state index is -1.26. The molecule has 0 aliphatic heterocycles. The zero-order chi connectivity index (χ0) is 13.5. The van der Waals surface area contributed by atoms with E-state index < -0.39 is 30.9 Å². The van der Waals surface area contributed by atoms with E-state index in [1.54, 1.807) is 6.20 Å². The van der Waals surface area contributed by atoms with E-state index in [-0.39, 0.29) is 13.0 Å². The molecule has 0 radical (unpaired) electrons. The number of carbonyl (C=O) groups excluding carboxylic acids is 1. The highest BCUT2D eigenvalue weighted by Crippen LogP contribution is 1.97. The monoisotopic (exact) mass is 256 g/mol. The summed E-state index contributed by atoms with van der Waals surface area (Å²) in [4.78, 5) is 33.4. The summed E-state index contributed by atoms with van der Waals surface area (Å²) in [5.41, 5.74) is 0. The SMILES string of the molecule is O=C(O)CN(CC(=O)O)C(=O)CCn1ccnn1. The fourth-order valence-electron chi connectivity index (χ4n) is 1.28. The molecule has 1 aromatic rings. The van der Waals surface area contributed by atoms with Crippen molar-refractivity contribution in [3.8, 4) is 0 Å². The molecule has 0 unspecified atom stereocenters. The average molecular weight is 256 g/mol. The van der Waals surface area contributed by atoms with Gasteiger partial charge in [-0.1, -0.05) is 5.21 Å². The van der Waals surface area contributed by atoms with Gasteiger partial charge in [0.2, 0.25) is 5.91 Å². The van der Waals surface area contributed by atoms with Gasteiger partial charge in [0.05, 0.1) is 12.7 Å². The summed E-state index contributed by atoms with van der Waals surface area (Å²) in [5.74, 6) is -3.08. The Morgan fingerprint density at radius 2 is 1.78 bits per heavy atom. The van der Waals surface area contributed by atoms with Crippen LogP contribution in [0.15, 0.2) is 12.4 Å². The number of nitrogens with zero attached hydrogens (tertiary/aromatic N) is 4. The molecule has 9 nitrogen and oxygen atoms in total. The maximum absolute atomic E-state index is 11.6. The summed E-state index contributed by atoms with van der Waals surface area (Å²) in [5, 5.41) is 24.3. The smallest absolute Gasteiger partial charge is 0.323 e. The number of aryl methyl sites for hydroxylation is 1. The second-order valence-electron chi connectivity index (χ2n) is 3.45. The Kier molecular flexibility index (Phi) is 4.78. The zero-order valence-corrected chi connectivity index (χ0v) is 9.39. The van der Waals surface area contributed by atoms with Crippen LogP contribution in [0, 0.1) is 0 Å². The second kappa shape index (κ2) is 6.33. The summed E-state index contributed by atoms with van der Waals surface area (Å²) in [7, 11) is 0. The Labute approximate surface area is 102 Å². The first-order valence-electron chi connectivity index (χ1n) is 5.04. The molecule has 1 heterocycles. The Morgan fingerprint density at radius 1 is 1.17 bits per heavy atom. The van der Waals surface area contributed by atoms with Crippen LogP contribution in [0.2, 0.25) is 0 Å². The van der Waals surface area contributed by atoms with Crippen molar-refractivity contribution in [1.29, 1.82) is 0 Å². The standard InChI is InChI=1S/C9H12N4O5/c14-7(1-3-13-4-2-10-11-13)12(5-8(15)16)6-9(17)18/h2,4H,1,3,5-6H2,(H,15,16)(H,17,18). The molecule has 9 heteroatoms. The van der Waals surface area contributed by atoms with E-state index >= 15 is 0 Å². The predicted octanol–water partition coefficient (Wildman–Crippen LogP) is -1.33. The van der Waals surface area contributed by atoms with Crippen molar-refractivity contribution in [2.75, 3.05) is 13.1 Å². The lowest BCUT2D eigenvalue weighted by Gasteiger charge is -2.18. The van der Waals surface area contributed by atoms with Crippen LogP contribution < -0.4 is 0 Å². The molecule has 0 saturated heterocycles. The fourth-order valence-corrected chi connectivity index (χ4v) is 1.28. The van der Waals surface area contributed by atoms with Gasteiger partial charge >= 0.3 is 11.9 Å². The Morgan fingerprint density at radius 3 is 2.22 bits per heavy atom. The van der Waals surface area contributed by atoms with Crippen molar-refractivity contribution < 1.29 is 24.6 Å². The molecule has 18 heavy (non-hydrogen) atoms. The molecule has 0 aliphatic rings. The summed E-state index contributed by atoms with van der Waals surface area (Å²) >= 11 is 0. The number of hydrogen-bond donors (Lipinski definition) is 2. The predicted molar refractivity (Wildman–Crippen MR) is 56.5 cm³/mol. The van der Waals surface area contributed by atoms with Gasteiger partial charge in [0, 0.05) is 12.6 Å². The molecule has 0 aromatic carbocycles. The second-order valence-corrected chi connectivity index (χ2v) is 3.45. The molecule has 0 fully saturated rings. The number of hydrogen-bond acceptors (Lipinski definition) is 5. The topological polar surface area (TPSA) is 126 Å². The quantitative estimate of drug-likeness (QED) is 0.618. The van der Waals surface area contributed by atoms with Crippen LogP contribution in [-0.4, -0.2) is 61.0 Å². The minimum Gasteiger partial charge on any atom is -0.480 e. The van der Waals surface area contributed by atoms with E-state index in [0.717, 1.165) is 4.90 Å². The Balaban J connectivity index is 2.52. The molecule has 0 atom stereocenters. The number of amides is 1. The molecular weight excluding hydrogens is 244 g/mol. The van der Waals surface area contributed by atoms with Crippen LogP contribution in [0.1, 0.15) is 6.42 Å². The third kappa shape index (κ3) is 4.60. The zero-order valence-electron chi connectivity index (χ0n) is 9.39. The highest BCUT2D eigenvalue weighted by Gasteiger charge is 2.19. The number of aliphatic carboxylic acids is 2.